The van der Waals surface area contributed by atoms with Crippen LogP contribution >= 0.6 is 0 Å². The molecule has 2 nitrogen and oxygen atoms in total. The predicted octanol–water partition coefficient (Wildman–Crippen LogP) is 2.38. The number of hydrogen-bond acceptors (Lipinski definition) is 2. The Hall–Kier alpha value is -1.23. The van der Waals surface area contributed by atoms with Crippen LogP contribution < -0.4 is 0 Å². The molecular formula is C7H7F3N2. The van der Waals surface area contributed by atoms with Gasteiger partial charge in [0.25, 0.3) is 0 Å². The number of nitriles is 2. The summed E-state index contributed by atoms with van der Waals surface area (Å²) < 4.78 is 34.6. The van der Waals surface area contributed by atoms with Gasteiger partial charge in [0.15, 0.2) is 0 Å². The van der Waals surface area contributed by atoms with Crippen molar-refractivity contribution in [3.8, 4) is 12.1 Å². The zero-order valence-electron chi connectivity index (χ0n) is 6.23. The van der Waals surface area contributed by atoms with E-state index in [0.717, 1.165) is 0 Å². The fourth-order valence-corrected chi connectivity index (χ4v) is 0.665. The summed E-state index contributed by atoms with van der Waals surface area (Å²) in [6.07, 6.45) is -5.27. The Bertz CT molecular complexity index is 194. The Morgan fingerprint density at radius 1 is 1.17 bits per heavy atom. The average Bonchev–Trinajstić information content (AvgIpc) is 1.96. The van der Waals surface area contributed by atoms with Gasteiger partial charge in [0.1, 0.15) is 5.92 Å². The fourth-order valence-electron chi connectivity index (χ4n) is 0.665. The average molecular weight is 176 g/mol. The molecule has 0 aromatic carbocycles. The molecule has 5 heteroatoms. The van der Waals surface area contributed by atoms with Gasteiger partial charge in [-0.2, -0.15) is 23.7 Å². The highest BCUT2D eigenvalue weighted by molar-refractivity contribution is 4.98. The van der Waals surface area contributed by atoms with Crippen molar-refractivity contribution in [2.24, 2.45) is 5.92 Å². The lowest BCUT2D eigenvalue weighted by atomic mass is 10.1. The summed E-state index contributed by atoms with van der Waals surface area (Å²) >= 11 is 0. The molecule has 0 radical (unpaired) electrons. The maximum absolute atomic E-state index is 11.5. The van der Waals surface area contributed by atoms with Crippen LogP contribution in [-0.2, 0) is 0 Å². The van der Waals surface area contributed by atoms with Gasteiger partial charge in [0, 0.05) is 6.42 Å². The van der Waals surface area contributed by atoms with Crippen molar-refractivity contribution < 1.29 is 13.2 Å². The summed E-state index contributed by atoms with van der Waals surface area (Å²) in [7, 11) is 0. The molecule has 0 heterocycles. The van der Waals surface area contributed by atoms with Gasteiger partial charge in [-0.3, -0.25) is 0 Å². The highest BCUT2D eigenvalue weighted by atomic mass is 19.4. The Kier molecular flexibility index (Phi) is 4.14. The molecule has 0 aliphatic rings. The molecule has 0 saturated heterocycles. The van der Waals surface area contributed by atoms with Gasteiger partial charge in [-0.1, -0.05) is 0 Å². The minimum atomic E-state index is -4.19. The second-order valence-corrected chi connectivity index (χ2v) is 2.32. The summed E-state index contributed by atoms with van der Waals surface area (Å²) in [6, 6.07) is 3.22. The van der Waals surface area contributed by atoms with Gasteiger partial charge >= 0.3 is 6.18 Å². The summed E-state index contributed by atoms with van der Waals surface area (Å²) in [5.41, 5.74) is 0. The molecule has 0 N–H and O–H groups in total. The lowest BCUT2D eigenvalue weighted by Crippen LogP contribution is -2.07. The van der Waals surface area contributed by atoms with Crippen molar-refractivity contribution in [3.05, 3.63) is 0 Å². The SMILES string of the molecule is N#CC(C#N)CCCC(F)(F)F. The zero-order chi connectivity index (χ0) is 9.61. The Balaban J connectivity index is 3.59. The molecule has 0 spiro atoms. The first-order valence-corrected chi connectivity index (χ1v) is 3.35. The van der Waals surface area contributed by atoms with Gasteiger partial charge in [-0.15, -0.1) is 0 Å². The van der Waals surface area contributed by atoms with E-state index >= 15 is 0 Å². The fraction of sp³-hybridized carbons (Fsp3) is 0.714. The van der Waals surface area contributed by atoms with Gasteiger partial charge in [-0.05, 0) is 12.8 Å². The topological polar surface area (TPSA) is 47.6 Å². The van der Waals surface area contributed by atoms with Crippen LogP contribution in [0, 0.1) is 28.6 Å². The molecule has 0 amide bonds. The predicted molar refractivity (Wildman–Crippen MR) is 34.6 cm³/mol. The second-order valence-electron chi connectivity index (χ2n) is 2.32. The minimum absolute atomic E-state index is 0.00743. The number of rotatable bonds is 3. The van der Waals surface area contributed by atoms with Gasteiger partial charge < -0.3 is 0 Å². The maximum atomic E-state index is 11.5. The number of halogens is 3. The van der Waals surface area contributed by atoms with Crippen LogP contribution in [0.1, 0.15) is 19.3 Å². The largest absolute Gasteiger partial charge is 0.389 e. The monoisotopic (exact) mass is 176 g/mol. The van der Waals surface area contributed by atoms with E-state index in [-0.39, 0.29) is 12.8 Å². The molecule has 0 unspecified atom stereocenters. The summed E-state index contributed by atoms with van der Waals surface area (Å²) in [5.74, 6) is -0.910. The summed E-state index contributed by atoms with van der Waals surface area (Å²) in [6.45, 7) is 0. The zero-order valence-corrected chi connectivity index (χ0v) is 6.23. The maximum Gasteiger partial charge on any atom is 0.389 e. The molecule has 66 valence electrons. The van der Waals surface area contributed by atoms with E-state index in [9.17, 15) is 13.2 Å². The van der Waals surface area contributed by atoms with Crippen LogP contribution in [0.25, 0.3) is 0 Å². The standard InChI is InChI=1S/C7H7F3N2/c8-7(9,10)3-1-2-6(4-11)5-12/h6H,1-3H2. The third-order valence-electron chi connectivity index (χ3n) is 1.26. The van der Waals surface area contributed by atoms with E-state index in [2.05, 4.69) is 0 Å². The first-order chi connectivity index (χ1) is 5.49. The second kappa shape index (κ2) is 4.61. The van der Waals surface area contributed by atoms with E-state index in [4.69, 9.17) is 10.5 Å². The Morgan fingerprint density at radius 3 is 2.00 bits per heavy atom. The van der Waals surface area contributed by atoms with Crippen molar-refractivity contribution in [2.75, 3.05) is 0 Å². The molecular weight excluding hydrogens is 169 g/mol. The first kappa shape index (κ1) is 10.8. The van der Waals surface area contributed by atoms with Crippen LogP contribution in [0.3, 0.4) is 0 Å². The van der Waals surface area contributed by atoms with Crippen molar-refractivity contribution in [2.45, 2.75) is 25.4 Å². The first-order valence-electron chi connectivity index (χ1n) is 3.35. The van der Waals surface area contributed by atoms with Crippen LogP contribution in [0.2, 0.25) is 0 Å². The molecule has 0 aliphatic heterocycles. The van der Waals surface area contributed by atoms with Crippen molar-refractivity contribution in [1.29, 1.82) is 10.5 Å². The van der Waals surface area contributed by atoms with E-state index in [1.807, 2.05) is 0 Å². The smallest absolute Gasteiger partial charge is 0.197 e. The highest BCUT2D eigenvalue weighted by Gasteiger charge is 2.26. The highest BCUT2D eigenvalue weighted by Crippen LogP contribution is 2.23. The van der Waals surface area contributed by atoms with Gasteiger partial charge in [0.05, 0.1) is 12.1 Å². The minimum Gasteiger partial charge on any atom is -0.197 e. The Labute approximate surface area is 68.2 Å². The molecule has 0 saturated carbocycles. The van der Waals surface area contributed by atoms with Gasteiger partial charge in [0.2, 0.25) is 0 Å². The van der Waals surface area contributed by atoms with E-state index in [0.29, 0.717) is 0 Å². The third kappa shape index (κ3) is 5.55. The van der Waals surface area contributed by atoms with E-state index in [1.54, 1.807) is 12.1 Å². The van der Waals surface area contributed by atoms with Gasteiger partial charge in [-0.25, -0.2) is 0 Å². The number of hydrogen-bond donors (Lipinski definition) is 0. The molecule has 0 aromatic rings. The molecule has 0 aliphatic carbocycles. The van der Waals surface area contributed by atoms with Crippen LogP contribution in [0.4, 0.5) is 13.2 Å². The lowest BCUT2D eigenvalue weighted by molar-refractivity contribution is -0.135. The molecule has 0 aromatic heterocycles. The summed E-state index contributed by atoms with van der Waals surface area (Å²) in [4.78, 5) is 0. The van der Waals surface area contributed by atoms with Crippen molar-refractivity contribution in [1.82, 2.24) is 0 Å². The van der Waals surface area contributed by atoms with Crippen LogP contribution in [0.15, 0.2) is 0 Å². The van der Waals surface area contributed by atoms with E-state index < -0.39 is 18.5 Å². The number of nitrogens with zero attached hydrogens (tertiary/aromatic N) is 2. The lowest BCUT2D eigenvalue weighted by Gasteiger charge is -2.04. The normalized spacial score (nSPS) is 10.8. The quantitative estimate of drug-likeness (QED) is 0.662. The van der Waals surface area contributed by atoms with Crippen LogP contribution in [0.5, 0.6) is 0 Å². The Morgan fingerprint density at radius 2 is 1.67 bits per heavy atom. The number of alkyl halides is 3. The summed E-state index contributed by atoms with van der Waals surface area (Å²) in [5, 5.41) is 16.4. The molecule has 12 heavy (non-hydrogen) atoms. The van der Waals surface area contributed by atoms with Crippen LogP contribution in [-0.4, -0.2) is 6.18 Å². The van der Waals surface area contributed by atoms with Crippen molar-refractivity contribution >= 4 is 0 Å². The van der Waals surface area contributed by atoms with Crippen molar-refractivity contribution in [3.63, 3.8) is 0 Å². The third-order valence-corrected chi connectivity index (χ3v) is 1.26. The molecule has 0 fully saturated rings. The van der Waals surface area contributed by atoms with E-state index in [1.165, 1.54) is 0 Å². The molecule has 0 bridgehead atoms. The molecule has 0 rings (SSSR count). The molecule has 0 atom stereocenters.